The van der Waals surface area contributed by atoms with Gasteiger partial charge in [-0.05, 0) is 89.4 Å². The number of amides is 2. The highest BCUT2D eigenvalue weighted by Crippen LogP contribution is 2.38. The fourth-order valence-electron chi connectivity index (χ4n) is 3.24. The molecule has 0 saturated carbocycles. The first-order chi connectivity index (χ1) is 15.1. The van der Waals surface area contributed by atoms with Gasteiger partial charge in [-0.2, -0.15) is 0 Å². The van der Waals surface area contributed by atoms with E-state index in [1.165, 1.54) is 18.1 Å². The van der Waals surface area contributed by atoms with Gasteiger partial charge in [0.1, 0.15) is 5.57 Å². The van der Waals surface area contributed by atoms with Crippen LogP contribution in [0.25, 0.3) is 6.08 Å². The average Bonchev–Trinajstić information content (AvgIpc) is 2.72. The molecular weight excluding hydrogens is 492 g/mol. The van der Waals surface area contributed by atoms with Gasteiger partial charge in [-0.1, -0.05) is 26.0 Å². The number of carbonyl (C=O) groups excluding carboxylic acids is 2. The number of hydrogen-bond acceptors (Lipinski definition) is 5. The summed E-state index contributed by atoms with van der Waals surface area (Å²) in [7, 11) is 1.53. The molecule has 1 N–H and O–H groups in total. The van der Waals surface area contributed by atoms with Crippen LogP contribution < -0.4 is 19.7 Å². The van der Waals surface area contributed by atoms with Crippen LogP contribution in [-0.2, 0) is 9.59 Å². The van der Waals surface area contributed by atoms with Crippen molar-refractivity contribution in [2.24, 2.45) is 0 Å². The highest BCUT2D eigenvalue weighted by molar-refractivity contribution is 9.10. The smallest absolute Gasteiger partial charge is 0.270 e. The first-order valence-corrected chi connectivity index (χ1v) is 11.4. The largest absolute Gasteiger partial charge is 0.493 e. The summed E-state index contributed by atoms with van der Waals surface area (Å²) in [5, 5.41) is 2.66. The van der Waals surface area contributed by atoms with E-state index in [0.717, 1.165) is 5.56 Å². The Bertz CT molecular complexity index is 1090. The summed E-state index contributed by atoms with van der Waals surface area (Å²) in [5.41, 5.74) is 2.31. The van der Waals surface area contributed by atoms with E-state index >= 15 is 0 Å². The van der Waals surface area contributed by atoms with Gasteiger partial charge in [0.15, 0.2) is 16.6 Å². The van der Waals surface area contributed by atoms with E-state index in [2.05, 4.69) is 35.1 Å². The Morgan fingerprint density at radius 1 is 1.09 bits per heavy atom. The summed E-state index contributed by atoms with van der Waals surface area (Å²) in [6.07, 6.45) is 1.47. The third-order valence-corrected chi connectivity index (χ3v) is 5.71. The van der Waals surface area contributed by atoms with Gasteiger partial charge in [0.25, 0.3) is 11.8 Å². The number of methoxy groups -OCH3 is 1. The van der Waals surface area contributed by atoms with Crippen molar-refractivity contribution in [1.29, 1.82) is 0 Å². The number of rotatable bonds is 6. The first kappa shape index (κ1) is 23.9. The standard InChI is InChI=1S/C24H25BrN2O4S/c1-13(2)16-6-8-17(9-7-16)27-23(29)18(22(28)26-24(27)32)10-15-11-19(25)21(31-14(3)4)20(12-15)30-5/h6-14H,1-5H3,(H,26,28,32)/b18-10+. The zero-order valence-corrected chi connectivity index (χ0v) is 21.0. The molecule has 0 radical (unpaired) electrons. The van der Waals surface area contributed by atoms with Gasteiger partial charge in [0.05, 0.1) is 23.4 Å². The topological polar surface area (TPSA) is 67.9 Å². The van der Waals surface area contributed by atoms with Crippen LogP contribution in [0.5, 0.6) is 11.5 Å². The predicted molar refractivity (Wildman–Crippen MR) is 133 cm³/mol. The molecule has 1 aliphatic heterocycles. The van der Waals surface area contributed by atoms with Crippen molar-refractivity contribution in [2.75, 3.05) is 12.0 Å². The Kier molecular flexibility index (Phi) is 7.36. The maximum atomic E-state index is 13.3. The van der Waals surface area contributed by atoms with Crippen LogP contribution in [0.1, 0.15) is 44.7 Å². The lowest BCUT2D eigenvalue weighted by molar-refractivity contribution is -0.122. The molecule has 2 amide bonds. The molecule has 2 aromatic carbocycles. The van der Waals surface area contributed by atoms with E-state index in [-0.39, 0.29) is 16.8 Å². The second-order valence-corrected chi connectivity index (χ2v) is 9.15. The molecule has 0 aromatic heterocycles. The molecule has 8 heteroatoms. The SMILES string of the molecule is COc1cc(/C=C2\C(=O)NC(=S)N(c3ccc(C(C)C)cc3)C2=O)cc(Br)c1OC(C)C. The lowest BCUT2D eigenvalue weighted by Gasteiger charge is -2.29. The summed E-state index contributed by atoms with van der Waals surface area (Å²) in [4.78, 5) is 27.2. The van der Waals surface area contributed by atoms with Gasteiger partial charge in [-0.3, -0.25) is 19.8 Å². The van der Waals surface area contributed by atoms with Crippen molar-refractivity contribution >= 4 is 56.8 Å². The number of anilines is 1. The Morgan fingerprint density at radius 2 is 1.75 bits per heavy atom. The lowest BCUT2D eigenvalue weighted by atomic mass is 10.0. The van der Waals surface area contributed by atoms with Gasteiger partial charge in [-0.15, -0.1) is 0 Å². The summed E-state index contributed by atoms with van der Waals surface area (Å²) >= 11 is 8.77. The highest BCUT2D eigenvalue weighted by atomic mass is 79.9. The van der Waals surface area contributed by atoms with Crippen LogP contribution in [0.15, 0.2) is 46.4 Å². The molecule has 0 bridgehead atoms. The van der Waals surface area contributed by atoms with Crippen LogP contribution in [0.2, 0.25) is 0 Å². The van der Waals surface area contributed by atoms with Crippen molar-refractivity contribution in [1.82, 2.24) is 5.32 Å². The molecule has 0 unspecified atom stereocenters. The molecule has 3 rings (SSSR count). The van der Waals surface area contributed by atoms with E-state index in [1.54, 1.807) is 12.1 Å². The molecule has 32 heavy (non-hydrogen) atoms. The summed E-state index contributed by atoms with van der Waals surface area (Å²) in [6, 6.07) is 11.0. The van der Waals surface area contributed by atoms with Crippen LogP contribution >= 0.6 is 28.1 Å². The minimum atomic E-state index is -0.548. The van der Waals surface area contributed by atoms with E-state index in [1.807, 2.05) is 38.1 Å². The Hall–Kier alpha value is -2.71. The molecule has 1 saturated heterocycles. The third kappa shape index (κ3) is 5.02. The predicted octanol–water partition coefficient (Wildman–Crippen LogP) is 5.20. The molecule has 2 aromatic rings. The zero-order valence-electron chi connectivity index (χ0n) is 18.6. The van der Waals surface area contributed by atoms with Gasteiger partial charge < -0.3 is 9.47 Å². The van der Waals surface area contributed by atoms with Crippen LogP contribution in [0.3, 0.4) is 0 Å². The highest BCUT2D eigenvalue weighted by Gasteiger charge is 2.34. The van der Waals surface area contributed by atoms with Crippen molar-refractivity contribution in [2.45, 2.75) is 39.7 Å². The van der Waals surface area contributed by atoms with Gasteiger partial charge in [0.2, 0.25) is 0 Å². The number of halogens is 1. The van der Waals surface area contributed by atoms with Gasteiger partial charge in [0, 0.05) is 0 Å². The number of thiocarbonyl (C=S) groups is 1. The quantitative estimate of drug-likeness (QED) is 0.324. The lowest BCUT2D eigenvalue weighted by Crippen LogP contribution is -2.54. The van der Waals surface area contributed by atoms with Crippen molar-refractivity contribution in [3.63, 3.8) is 0 Å². The summed E-state index contributed by atoms with van der Waals surface area (Å²) in [6.45, 7) is 8.02. The van der Waals surface area contributed by atoms with E-state index in [0.29, 0.717) is 33.1 Å². The molecule has 6 nitrogen and oxygen atoms in total. The van der Waals surface area contributed by atoms with Crippen LogP contribution in [0.4, 0.5) is 5.69 Å². The average molecular weight is 517 g/mol. The molecule has 1 heterocycles. The Morgan fingerprint density at radius 3 is 2.31 bits per heavy atom. The summed E-state index contributed by atoms with van der Waals surface area (Å²) < 4.78 is 11.9. The second kappa shape index (κ2) is 9.83. The van der Waals surface area contributed by atoms with Crippen molar-refractivity contribution < 1.29 is 19.1 Å². The van der Waals surface area contributed by atoms with E-state index in [4.69, 9.17) is 21.7 Å². The first-order valence-electron chi connectivity index (χ1n) is 10.2. The molecule has 1 fully saturated rings. The van der Waals surface area contributed by atoms with Crippen LogP contribution in [-0.4, -0.2) is 30.1 Å². The third-order valence-electron chi connectivity index (χ3n) is 4.84. The number of ether oxygens (including phenoxy) is 2. The maximum absolute atomic E-state index is 13.3. The fourth-order valence-corrected chi connectivity index (χ4v) is 4.07. The monoisotopic (exact) mass is 516 g/mol. The van der Waals surface area contributed by atoms with E-state index < -0.39 is 11.8 Å². The molecular formula is C24H25BrN2O4S. The molecule has 0 spiro atoms. The second-order valence-electron chi connectivity index (χ2n) is 7.90. The van der Waals surface area contributed by atoms with E-state index in [9.17, 15) is 9.59 Å². The molecule has 0 atom stereocenters. The normalized spacial score (nSPS) is 15.6. The fraction of sp³-hybridized carbons (Fsp3) is 0.292. The number of hydrogen-bond donors (Lipinski definition) is 1. The minimum Gasteiger partial charge on any atom is -0.493 e. The maximum Gasteiger partial charge on any atom is 0.270 e. The number of benzene rings is 2. The van der Waals surface area contributed by atoms with Crippen LogP contribution in [0, 0.1) is 0 Å². The molecule has 168 valence electrons. The summed E-state index contributed by atoms with van der Waals surface area (Å²) in [5.74, 6) is 0.359. The zero-order chi connectivity index (χ0) is 23.6. The number of nitrogens with one attached hydrogen (secondary N) is 1. The van der Waals surface area contributed by atoms with Gasteiger partial charge in [-0.25, -0.2) is 0 Å². The Labute approximate surface area is 201 Å². The number of carbonyl (C=O) groups is 2. The number of nitrogens with zero attached hydrogens (tertiary/aromatic N) is 1. The van der Waals surface area contributed by atoms with Crippen molar-refractivity contribution in [3.8, 4) is 11.5 Å². The van der Waals surface area contributed by atoms with Gasteiger partial charge >= 0.3 is 0 Å². The Balaban J connectivity index is 1.99. The van der Waals surface area contributed by atoms with Crippen molar-refractivity contribution in [3.05, 3.63) is 57.6 Å². The molecule has 0 aliphatic carbocycles. The minimum absolute atomic E-state index is 0.0296. The molecule has 1 aliphatic rings.